The summed E-state index contributed by atoms with van der Waals surface area (Å²) in [5, 5.41) is 0.330. The van der Waals surface area contributed by atoms with Gasteiger partial charge >= 0.3 is 5.97 Å². The Morgan fingerprint density at radius 1 is 1.12 bits per heavy atom. The van der Waals surface area contributed by atoms with Gasteiger partial charge in [0.05, 0.1) is 19.2 Å². The fraction of sp³-hybridized carbons (Fsp3) is 0.200. The second kappa shape index (κ2) is 7.53. The number of imidazole rings is 1. The standard InChI is InChI=1S/C20H19ClN2O2/c1-14-8-10-15(11-9-14)13-23-17(12-18(24)25-2)19(21)22-20(23)16-6-4-3-5-7-16/h3-11H,12-13H2,1-2H3. The molecule has 4 nitrogen and oxygen atoms in total. The van der Waals surface area contributed by atoms with Crippen LogP contribution in [0.2, 0.25) is 5.15 Å². The van der Waals surface area contributed by atoms with Crippen LogP contribution in [0, 0.1) is 6.92 Å². The van der Waals surface area contributed by atoms with E-state index < -0.39 is 0 Å². The van der Waals surface area contributed by atoms with Gasteiger partial charge in [-0.3, -0.25) is 4.79 Å². The quantitative estimate of drug-likeness (QED) is 0.642. The molecule has 2 aromatic carbocycles. The second-order valence-electron chi connectivity index (χ2n) is 5.86. The summed E-state index contributed by atoms with van der Waals surface area (Å²) >= 11 is 6.35. The van der Waals surface area contributed by atoms with Crippen LogP contribution in [0.1, 0.15) is 16.8 Å². The molecule has 3 aromatic rings. The molecule has 0 aliphatic heterocycles. The molecule has 128 valence electrons. The maximum Gasteiger partial charge on any atom is 0.311 e. The Labute approximate surface area is 152 Å². The maximum absolute atomic E-state index is 11.8. The van der Waals surface area contributed by atoms with Crippen molar-refractivity contribution in [3.8, 4) is 11.4 Å². The summed E-state index contributed by atoms with van der Waals surface area (Å²) < 4.78 is 6.79. The molecule has 0 aliphatic carbocycles. The molecule has 3 rings (SSSR count). The number of methoxy groups -OCH3 is 1. The Balaban J connectivity index is 2.07. The molecule has 0 radical (unpaired) electrons. The zero-order valence-corrected chi connectivity index (χ0v) is 15.0. The summed E-state index contributed by atoms with van der Waals surface area (Å²) in [6, 6.07) is 18.1. The van der Waals surface area contributed by atoms with E-state index in [-0.39, 0.29) is 12.4 Å². The number of ether oxygens (including phenoxy) is 1. The predicted molar refractivity (Wildman–Crippen MR) is 98.7 cm³/mol. The van der Waals surface area contributed by atoms with Crippen LogP contribution in [0.3, 0.4) is 0 Å². The lowest BCUT2D eigenvalue weighted by molar-refractivity contribution is -0.139. The molecule has 0 amide bonds. The van der Waals surface area contributed by atoms with E-state index in [0.717, 1.165) is 17.0 Å². The lowest BCUT2D eigenvalue weighted by Gasteiger charge is -2.12. The molecule has 0 spiro atoms. The second-order valence-corrected chi connectivity index (χ2v) is 6.22. The summed E-state index contributed by atoms with van der Waals surface area (Å²) in [4.78, 5) is 16.3. The van der Waals surface area contributed by atoms with Gasteiger partial charge in [-0.2, -0.15) is 0 Å². The van der Waals surface area contributed by atoms with Crippen LogP contribution in [0.4, 0.5) is 0 Å². The number of aromatic nitrogens is 2. The molecule has 0 aliphatic rings. The lowest BCUT2D eigenvalue weighted by atomic mass is 10.1. The van der Waals surface area contributed by atoms with Gasteiger partial charge in [-0.25, -0.2) is 4.98 Å². The highest BCUT2D eigenvalue weighted by Crippen LogP contribution is 2.27. The molecular formula is C20H19ClN2O2. The van der Waals surface area contributed by atoms with Gasteiger partial charge < -0.3 is 9.30 Å². The van der Waals surface area contributed by atoms with Gasteiger partial charge in [0.1, 0.15) is 5.82 Å². The molecule has 0 unspecified atom stereocenters. The normalized spacial score (nSPS) is 10.7. The zero-order valence-electron chi connectivity index (χ0n) is 14.2. The third kappa shape index (κ3) is 3.91. The number of rotatable bonds is 5. The number of halogens is 1. The van der Waals surface area contributed by atoms with Crippen molar-refractivity contribution in [1.82, 2.24) is 9.55 Å². The third-order valence-electron chi connectivity index (χ3n) is 4.06. The van der Waals surface area contributed by atoms with Crippen LogP contribution >= 0.6 is 11.6 Å². The fourth-order valence-electron chi connectivity index (χ4n) is 2.69. The first-order chi connectivity index (χ1) is 12.1. The van der Waals surface area contributed by atoms with Crippen LogP contribution in [0.25, 0.3) is 11.4 Å². The first-order valence-corrected chi connectivity index (χ1v) is 8.39. The molecule has 0 fully saturated rings. The topological polar surface area (TPSA) is 44.1 Å². The molecule has 0 saturated heterocycles. The molecule has 1 aromatic heterocycles. The fourth-order valence-corrected chi connectivity index (χ4v) is 2.94. The Morgan fingerprint density at radius 2 is 1.80 bits per heavy atom. The summed E-state index contributed by atoms with van der Waals surface area (Å²) in [5.74, 6) is 0.400. The van der Waals surface area contributed by atoms with Gasteiger partial charge in [-0.05, 0) is 12.5 Å². The summed E-state index contributed by atoms with van der Waals surface area (Å²) in [6.07, 6.45) is 0.0844. The minimum absolute atomic E-state index is 0.0844. The van der Waals surface area contributed by atoms with Gasteiger partial charge in [-0.1, -0.05) is 71.8 Å². The molecule has 5 heteroatoms. The predicted octanol–water partition coefficient (Wildman–Crippen LogP) is 4.28. The molecule has 1 heterocycles. The Kier molecular flexibility index (Phi) is 5.19. The molecular weight excluding hydrogens is 336 g/mol. The molecule has 0 N–H and O–H groups in total. The van der Waals surface area contributed by atoms with Gasteiger partial charge in [-0.15, -0.1) is 0 Å². The molecule has 25 heavy (non-hydrogen) atoms. The van der Waals surface area contributed by atoms with Crippen LogP contribution in [0.5, 0.6) is 0 Å². The number of carbonyl (C=O) groups excluding carboxylic acids is 1. The van der Waals surface area contributed by atoms with E-state index in [1.54, 1.807) is 0 Å². The first kappa shape index (κ1) is 17.2. The monoisotopic (exact) mass is 354 g/mol. The number of aryl methyl sites for hydroxylation is 1. The largest absolute Gasteiger partial charge is 0.469 e. The first-order valence-electron chi connectivity index (χ1n) is 8.01. The molecule has 0 saturated carbocycles. The molecule has 0 bridgehead atoms. The number of hydrogen-bond donors (Lipinski definition) is 0. The number of carbonyl (C=O) groups is 1. The van der Waals surface area contributed by atoms with Crippen molar-refractivity contribution in [3.05, 3.63) is 76.6 Å². The van der Waals surface area contributed by atoms with Crippen molar-refractivity contribution in [2.24, 2.45) is 0 Å². The van der Waals surface area contributed by atoms with Crippen LogP contribution in [0.15, 0.2) is 54.6 Å². The summed E-state index contributed by atoms with van der Waals surface area (Å²) in [5.41, 5.74) is 3.93. The average Bonchev–Trinajstić information content (AvgIpc) is 2.93. The highest BCUT2D eigenvalue weighted by Gasteiger charge is 2.20. The molecule has 0 atom stereocenters. The van der Waals surface area contributed by atoms with E-state index in [0.29, 0.717) is 17.4 Å². The number of nitrogens with zero attached hydrogens (tertiary/aromatic N) is 2. The van der Waals surface area contributed by atoms with Gasteiger partial charge in [0.25, 0.3) is 0 Å². The van der Waals surface area contributed by atoms with Crippen LogP contribution in [-0.4, -0.2) is 22.6 Å². The number of benzene rings is 2. The van der Waals surface area contributed by atoms with E-state index in [1.165, 1.54) is 12.7 Å². The lowest BCUT2D eigenvalue weighted by Crippen LogP contribution is -2.12. The van der Waals surface area contributed by atoms with Crippen molar-refractivity contribution >= 4 is 17.6 Å². The highest BCUT2D eigenvalue weighted by molar-refractivity contribution is 6.30. The van der Waals surface area contributed by atoms with Crippen molar-refractivity contribution < 1.29 is 9.53 Å². The maximum atomic E-state index is 11.8. The van der Waals surface area contributed by atoms with Crippen molar-refractivity contribution in [1.29, 1.82) is 0 Å². The van der Waals surface area contributed by atoms with E-state index in [9.17, 15) is 4.79 Å². The Bertz CT molecular complexity index is 871. The smallest absolute Gasteiger partial charge is 0.311 e. The van der Waals surface area contributed by atoms with Gasteiger partial charge in [0.2, 0.25) is 0 Å². The van der Waals surface area contributed by atoms with Crippen LogP contribution < -0.4 is 0 Å². The van der Waals surface area contributed by atoms with Crippen molar-refractivity contribution in [3.63, 3.8) is 0 Å². The van der Waals surface area contributed by atoms with E-state index in [2.05, 4.69) is 36.2 Å². The summed E-state index contributed by atoms with van der Waals surface area (Å²) in [6.45, 7) is 2.63. The zero-order chi connectivity index (χ0) is 17.8. The Morgan fingerprint density at radius 3 is 2.44 bits per heavy atom. The summed E-state index contributed by atoms with van der Waals surface area (Å²) in [7, 11) is 1.37. The highest BCUT2D eigenvalue weighted by atomic mass is 35.5. The minimum Gasteiger partial charge on any atom is -0.469 e. The van der Waals surface area contributed by atoms with E-state index >= 15 is 0 Å². The third-order valence-corrected chi connectivity index (χ3v) is 4.36. The number of hydrogen-bond acceptors (Lipinski definition) is 3. The average molecular weight is 355 g/mol. The van der Waals surface area contributed by atoms with E-state index in [4.69, 9.17) is 16.3 Å². The number of esters is 1. The van der Waals surface area contributed by atoms with E-state index in [1.807, 2.05) is 34.9 Å². The van der Waals surface area contributed by atoms with Gasteiger partial charge in [0.15, 0.2) is 5.15 Å². The van der Waals surface area contributed by atoms with Crippen molar-refractivity contribution in [2.45, 2.75) is 19.9 Å². The SMILES string of the molecule is COC(=O)Cc1c(Cl)nc(-c2ccccc2)n1Cc1ccc(C)cc1. The minimum atomic E-state index is -0.341. The van der Waals surface area contributed by atoms with Gasteiger partial charge in [0, 0.05) is 12.1 Å². The van der Waals surface area contributed by atoms with Crippen molar-refractivity contribution in [2.75, 3.05) is 7.11 Å². The Hall–Kier alpha value is -2.59. The van der Waals surface area contributed by atoms with Crippen LogP contribution in [-0.2, 0) is 22.5 Å².